The predicted molar refractivity (Wildman–Crippen MR) is 79.9 cm³/mol. The van der Waals surface area contributed by atoms with Crippen LogP contribution in [0.1, 0.15) is 31.1 Å². The van der Waals surface area contributed by atoms with Gasteiger partial charge < -0.3 is 14.3 Å². The van der Waals surface area contributed by atoms with Crippen molar-refractivity contribution in [3.8, 4) is 0 Å². The topological polar surface area (TPSA) is 43.0 Å². The Labute approximate surface area is 128 Å². The van der Waals surface area contributed by atoms with Gasteiger partial charge >= 0.3 is 0 Å². The van der Waals surface area contributed by atoms with Gasteiger partial charge in [0.1, 0.15) is 5.76 Å². The van der Waals surface area contributed by atoms with Crippen LogP contribution in [0.5, 0.6) is 0 Å². The predicted octanol–water partition coefficient (Wildman–Crippen LogP) is 3.88. The Kier molecular flexibility index (Phi) is 4.10. The lowest BCUT2D eigenvalue weighted by molar-refractivity contribution is 0.369. The van der Waals surface area contributed by atoms with Gasteiger partial charge in [-0.25, -0.2) is 4.98 Å². The van der Waals surface area contributed by atoms with E-state index >= 15 is 0 Å². The summed E-state index contributed by atoms with van der Waals surface area (Å²) in [5.74, 6) is 0.940. The highest BCUT2D eigenvalue weighted by Crippen LogP contribution is 2.31. The average Bonchev–Trinajstić information content (AvgIpc) is 3.09. The second-order valence-corrected chi connectivity index (χ2v) is 6.40. The van der Waals surface area contributed by atoms with Gasteiger partial charge in [-0.1, -0.05) is 0 Å². The minimum atomic E-state index is 0.483. The molecule has 1 fully saturated rings. The lowest BCUT2D eigenvalue weighted by atomic mass is 10.1. The third kappa shape index (κ3) is 2.95. The van der Waals surface area contributed by atoms with E-state index in [2.05, 4.69) is 46.7 Å². The number of rotatable bonds is 4. The van der Waals surface area contributed by atoms with Gasteiger partial charge in [-0.05, 0) is 57.2 Å². The molecule has 0 aromatic carbocycles. The number of nitrogens with zero attached hydrogens (tertiary/aromatic N) is 2. The van der Waals surface area contributed by atoms with Crippen molar-refractivity contribution in [2.45, 2.75) is 37.9 Å². The SMILES string of the molecule is Brc1cc(CNC2CCCC2n2ccnc2)oc1Br. The van der Waals surface area contributed by atoms with Crippen LogP contribution in [-0.2, 0) is 6.54 Å². The molecule has 102 valence electrons. The molecule has 1 aliphatic rings. The number of nitrogens with one attached hydrogen (secondary N) is 1. The second-order valence-electron chi connectivity index (χ2n) is 4.83. The standard InChI is InChI=1S/C13H15Br2N3O/c14-10-6-9(19-13(10)15)7-17-11-2-1-3-12(11)18-5-4-16-8-18/h4-6,8,11-12,17H,1-3,7H2. The Morgan fingerprint density at radius 2 is 2.32 bits per heavy atom. The molecule has 0 spiro atoms. The molecule has 2 aromatic heterocycles. The molecular formula is C13H15Br2N3O. The number of hydrogen-bond donors (Lipinski definition) is 1. The number of halogens is 2. The van der Waals surface area contributed by atoms with Gasteiger partial charge in [0, 0.05) is 24.5 Å². The Hall–Kier alpha value is -0.590. The van der Waals surface area contributed by atoms with Crippen LogP contribution in [0.25, 0.3) is 0 Å². The summed E-state index contributed by atoms with van der Waals surface area (Å²) in [6.45, 7) is 0.750. The largest absolute Gasteiger partial charge is 0.452 e. The van der Waals surface area contributed by atoms with Gasteiger partial charge in [-0.2, -0.15) is 0 Å². The van der Waals surface area contributed by atoms with E-state index in [1.165, 1.54) is 19.3 Å². The summed E-state index contributed by atoms with van der Waals surface area (Å²) in [5.41, 5.74) is 0. The molecular weight excluding hydrogens is 374 g/mol. The van der Waals surface area contributed by atoms with Crippen molar-refractivity contribution < 1.29 is 4.42 Å². The maximum atomic E-state index is 5.59. The normalized spacial score (nSPS) is 23.1. The van der Waals surface area contributed by atoms with E-state index in [0.717, 1.165) is 21.4 Å². The molecule has 2 aromatic rings. The second kappa shape index (κ2) is 5.81. The van der Waals surface area contributed by atoms with E-state index in [0.29, 0.717) is 12.1 Å². The summed E-state index contributed by atoms with van der Waals surface area (Å²) in [5, 5.41) is 3.59. The molecule has 2 atom stereocenters. The van der Waals surface area contributed by atoms with Gasteiger partial charge in [0.05, 0.1) is 17.3 Å². The van der Waals surface area contributed by atoms with Crippen LogP contribution < -0.4 is 5.32 Å². The van der Waals surface area contributed by atoms with E-state index in [1.807, 2.05) is 24.8 Å². The van der Waals surface area contributed by atoms with E-state index in [-0.39, 0.29) is 0 Å². The van der Waals surface area contributed by atoms with Crippen molar-refractivity contribution in [1.82, 2.24) is 14.9 Å². The summed E-state index contributed by atoms with van der Waals surface area (Å²) in [6, 6.07) is 2.99. The first-order valence-corrected chi connectivity index (χ1v) is 7.97. The van der Waals surface area contributed by atoms with Gasteiger partial charge in [-0.3, -0.25) is 0 Å². The fraction of sp³-hybridized carbons (Fsp3) is 0.462. The van der Waals surface area contributed by atoms with Crippen LogP contribution in [0.4, 0.5) is 0 Å². The van der Waals surface area contributed by atoms with Crippen LogP contribution in [0.15, 0.2) is 38.3 Å². The van der Waals surface area contributed by atoms with Crippen LogP contribution in [0.2, 0.25) is 0 Å². The van der Waals surface area contributed by atoms with Crippen molar-refractivity contribution in [3.05, 3.63) is 39.7 Å². The zero-order chi connectivity index (χ0) is 13.2. The lowest BCUT2D eigenvalue weighted by Gasteiger charge is -2.21. The fourth-order valence-electron chi connectivity index (χ4n) is 2.71. The Bertz CT molecular complexity index is 519. The third-order valence-electron chi connectivity index (χ3n) is 3.62. The summed E-state index contributed by atoms with van der Waals surface area (Å²) in [6.07, 6.45) is 9.46. The molecule has 0 radical (unpaired) electrons. The molecule has 2 heterocycles. The number of imidazole rings is 1. The third-order valence-corrected chi connectivity index (χ3v) is 5.33. The van der Waals surface area contributed by atoms with Gasteiger partial charge in [0.2, 0.25) is 0 Å². The Morgan fingerprint density at radius 3 is 3.00 bits per heavy atom. The number of aromatic nitrogens is 2. The minimum Gasteiger partial charge on any atom is -0.452 e. The molecule has 2 unspecified atom stereocenters. The maximum absolute atomic E-state index is 5.59. The van der Waals surface area contributed by atoms with Gasteiger partial charge in [0.25, 0.3) is 0 Å². The average molecular weight is 389 g/mol. The molecule has 1 saturated carbocycles. The molecule has 1 N–H and O–H groups in total. The van der Waals surface area contributed by atoms with Crippen molar-refractivity contribution in [1.29, 1.82) is 0 Å². The Morgan fingerprint density at radius 1 is 1.42 bits per heavy atom. The number of hydrogen-bond acceptors (Lipinski definition) is 3. The lowest BCUT2D eigenvalue weighted by Crippen LogP contribution is -2.33. The first-order valence-electron chi connectivity index (χ1n) is 6.38. The molecule has 3 rings (SSSR count). The zero-order valence-electron chi connectivity index (χ0n) is 10.4. The summed E-state index contributed by atoms with van der Waals surface area (Å²) >= 11 is 6.79. The first kappa shape index (κ1) is 13.4. The molecule has 0 amide bonds. The van der Waals surface area contributed by atoms with E-state index in [9.17, 15) is 0 Å². The fourth-order valence-corrected chi connectivity index (χ4v) is 3.37. The van der Waals surface area contributed by atoms with Gasteiger partial charge in [-0.15, -0.1) is 0 Å². The van der Waals surface area contributed by atoms with Crippen LogP contribution in [0.3, 0.4) is 0 Å². The molecule has 0 saturated heterocycles. The first-order chi connectivity index (χ1) is 9.24. The van der Waals surface area contributed by atoms with Crippen LogP contribution >= 0.6 is 31.9 Å². The molecule has 6 heteroatoms. The quantitative estimate of drug-likeness (QED) is 0.863. The highest BCUT2D eigenvalue weighted by atomic mass is 79.9. The highest BCUT2D eigenvalue weighted by molar-refractivity contribution is 9.13. The zero-order valence-corrected chi connectivity index (χ0v) is 13.5. The van der Waals surface area contributed by atoms with Crippen LogP contribution in [0, 0.1) is 0 Å². The van der Waals surface area contributed by atoms with Crippen molar-refractivity contribution in [2.75, 3.05) is 0 Å². The summed E-state index contributed by atoms with van der Waals surface area (Å²) in [4.78, 5) is 4.14. The van der Waals surface area contributed by atoms with Crippen molar-refractivity contribution in [2.24, 2.45) is 0 Å². The molecule has 19 heavy (non-hydrogen) atoms. The molecule has 0 aliphatic heterocycles. The maximum Gasteiger partial charge on any atom is 0.183 e. The smallest absolute Gasteiger partial charge is 0.183 e. The molecule has 0 bridgehead atoms. The van der Waals surface area contributed by atoms with E-state index < -0.39 is 0 Å². The summed E-state index contributed by atoms with van der Waals surface area (Å²) < 4.78 is 9.51. The summed E-state index contributed by atoms with van der Waals surface area (Å²) in [7, 11) is 0. The number of furan rings is 1. The van der Waals surface area contributed by atoms with Crippen LogP contribution in [-0.4, -0.2) is 15.6 Å². The molecule has 4 nitrogen and oxygen atoms in total. The highest BCUT2D eigenvalue weighted by Gasteiger charge is 2.28. The van der Waals surface area contributed by atoms with E-state index in [1.54, 1.807) is 0 Å². The minimum absolute atomic E-state index is 0.483. The molecule has 1 aliphatic carbocycles. The van der Waals surface area contributed by atoms with Crippen molar-refractivity contribution in [3.63, 3.8) is 0 Å². The van der Waals surface area contributed by atoms with Crippen molar-refractivity contribution >= 4 is 31.9 Å². The monoisotopic (exact) mass is 387 g/mol. The Balaban J connectivity index is 1.63. The van der Waals surface area contributed by atoms with E-state index in [4.69, 9.17) is 4.42 Å². The van der Waals surface area contributed by atoms with Gasteiger partial charge in [0.15, 0.2) is 4.67 Å².